The van der Waals surface area contributed by atoms with Gasteiger partial charge in [-0.1, -0.05) is 12.1 Å². The highest BCUT2D eigenvalue weighted by Gasteiger charge is 2.22. The summed E-state index contributed by atoms with van der Waals surface area (Å²) in [4.78, 5) is 0.333. The number of nitrogens with one attached hydrogen (secondary N) is 1. The highest BCUT2D eigenvalue weighted by Crippen LogP contribution is 2.22. The van der Waals surface area contributed by atoms with E-state index in [2.05, 4.69) is 9.82 Å². The Kier molecular flexibility index (Phi) is 4.72. The van der Waals surface area contributed by atoms with Crippen LogP contribution in [0.5, 0.6) is 0 Å². The Morgan fingerprint density at radius 3 is 2.55 bits per heavy atom. The fraction of sp³-hybridized carbons (Fsp3) is 0.438. The lowest BCUT2D eigenvalue weighted by molar-refractivity contribution is 0.565. The van der Waals surface area contributed by atoms with Gasteiger partial charge in [0.1, 0.15) is 0 Å². The Balaban J connectivity index is 2.31. The van der Waals surface area contributed by atoms with Crippen LogP contribution in [0.2, 0.25) is 0 Å². The maximum atomic E-state index is 12.6. The summed E-state index contributed by atoms with van der Waals surface area (Å²) in [5.74, 6) is 0. The van der Waals surface area contributed by atoms with Crippen molar-refractivity contribution >= 4 is 10.0 Å². The van der Waals surface area contributed by atoms with Gasteiger partial charge < -0.3 is 0 Å². The fourth-order valence-electron chi connectivity index (χ4n) is 2.48. The number of aromatic nitrogens is 2. The Labute approximate surface area is 132 Å². The van der Waals surface area contributed by atoms with E-state index in [1.807, 2.05) is 50.7 Å². The standard InChI is InChI=1S/C16H23N3O2S/c1-6-19-10-15(13(4)17-19)14(5)18-22(20,21)16-9-11(2)7-8-12(16)3/h7-10,14,18H,6H2,1-5H3. The molecule has 5 nitrogen and oxygen atoms in total. The van der Waals surface area contributed by atoms with Crippen LogP contribution in [0.3, 0.4) is 0 Å². The summed E-state index contributed by atoms with van der Waals surface area (Å²) in [5.41, 5.74) is 3.41. The number of hydrogen-bond donors (Lipinski definition) is 1. The Hall–Kier alpha value is -1.66. The second-order valence-corrected chi connectivity index (χ2v) is 7.32. The van der Waals surface area contributed by atoms with E-state index in [4.69, 9.17) is 0 Å². The number of benzene rings is 1. The van der Waals surface area contributed by atoms with Gasteiger partial charge in [-0.05, 0) is 51.8 Å². The van der Waals surface area contributed by atoms with Gasteiger partial charge in [-0.2, -0.15) is 5.10 Å². The highest BCUT2D eigenvalue weighted by molar-refractivity contribution is 7.89. The summed E-state index contributed by atoms with van der Waals surface area (Å²) in [5, 5.41) is 4.37. The predicted octanol–water partition coefficient (Wildman–Crippen LogP) is 2.87. The number of aryl methyl sites for hydroxylation is 4. The number of nitrogens with zero attached hydrogens (tertiary/aromatic N) is 2. The number of hydrogen-bond acceptors (Lipinski definition) is 3. The molecule has 1 N–H and O–H groups in total. The molecule has 0 radical (unpaired) electrons. The van der Waals surface area contributed by atoms with E-state index in [0.717, 1.165) is 28.9 Å². The van der Waals surface area contributed by atoms with E-state index in [0.29, 0.717) is 4.90 Å². The molecule has 0 saturated heterocycles. The number of rotatable bonds is 5. The minimum Gasteiger partial charge on any atom is -0.272 e. The zero-order valence-electron chi connectivity index (χ0n) is 13.7. The largest absolute Gasteiger partial charge is 0.272 e. The predicted molar refractivity (Wildman–Crippen MR) is 87.3 cm³/mol. The average Bonchev–Trinajstić information content (AvgIpc) is 2.82. The molecule has 0 aliphatic heterocycles. The van der Waals surface area contributed by atoms with Gasteiger partial charge in [0.05, 0.1) is 10.6 Å². The normalized spacial score (nSPS) is 13.3. The van der Waals surface area contributed by atoms with Crippen molar-refractivity contribution in [1.82, 2.24) is 14.5 Å². The van der Waals surface area contributed by atoms with Gasteiger partial charge in [0.25, 0.3) is 0 Å². The van der Waals surface area contributed by atoms with Crippen LogP contribution in [-0.4, -0.2) is 18.2 Å². The van der Waals surface area contributed by atoms with E-state index in [1.165, 1.54) is 0 Å². The SMILES string of the molecule is CCn1cc(C(C)NS(=O)(=O)c2cc(C)ccc2C)c(C)n1. The van der Waals surface area contributed by atoms with Gasteiger partial charge in [-0.3, -0.25) is 4.68 Å². The molecule has 1 heterocycles. The Morgan fingerprint density at radius 1 is 1.27 bits per heavy atom. The lowest BCUT2D eigenvalue weighted by Gasteiger charge is -2.15. The van der Waals surface area contributed by atoms with E-state index in [9.17, 15) is 8.42 Å². The summed E-state index contributed by atoms with van der Waals surface area (Å²) < 4.78 is 29.8. The van der Waals surface area contributed by atoms with Crippen molar-refractivity contribution < 1.29 is 8.42 Å². The monoisotopic (exact) mass is 321 g/mol. The van der Waals surface area contributed by atoms with Gasteiger partial charge in [-0.15, -0.1) is 0 Å². The van der Waals surface area contributed by atoms with E-state index in [-0.39, 0.29) is 6.04 Å². The molecule has 22 heavy (non-hydrogen) atoms. The minimum atomic E-state index is -3.56. The van der Waals surface area contributed by atoms with Crippen molar-refractivity contribution in [3.63, 3.8) is 0 Å². The van der Waals surface area contributed by atoms with Gasteiger partial charge in [0.2, 0.25) is 10.0 Å². The van der Waals surface area contributed by atoms with Crippen molar-refractivity contribution in [3.05, 3.63) is 46.8 Å². The van der Waals surface area contributed by atoms with Gasteiger partial charge in [0, 0.05) is 24.3 Å². The molecule has 0 saturated carbocycles. The average molecular weight is 321 g/mol. The van der Waals surface area contributed by atoms with Crippen molar-refractivity contribution in [3.8, 4) is 0 Å². The topological polar surface area (TPSA) is 64.0 Å². The first-order chi connectivity index (χ1) is 10.2. The van der Waals surface area contributed by atoms with Crippen LogP contribution in [0.4, 0.5) is 0 Å². The second-order valence-electron chi connectivity index (χ2n) is 5.64. The highest BCUT2D eigenvalue weighted by atomic mass is 32.2. The molecular formula is C16H23N3O2S. The molecule has 1 aromatic heterocycles. The molecule has 0 fully saturated rings. The molecule has 1 aromatic carbocycles. The zero-order valence-corrected chi connectivity index (χ0v) is 14.5. The third-order valence-electron chi connectivity index (χ3n) is 3.74. The van der Waals surface area contributed by atoms with Crippen molar-refractivity contribution in [2.75, 3.05) is 0 Å². The molecule has 0 spiro atoms. The summed E-state index contributed by atoms with van der Waals surface area (Å²) in [6.45, 7) is 10.2. The van der Waals surface area contributed by atoms with Crippen LogP contribution < -0.4 is 4.72 Å². The van der Waals surface area contributed by atoms with Crippen molar-refractivity contribution in [2.24, 2.45) is 0 Å². The smallest absolute Gasteiger partial charge is 0.241 e. The van der Waals surface area contributed by atoms with Crippen LogP contribution in [0.25, 0.3) is 0 Å². The van der Waals surface area contributed by atoms with Gasteiger partial charge in [-0.25, -0.2) is 13.1 Å². The molecule has 2 rings (SSSR count). The quantitative estimate of drug-likeness (QED) is 0.921. The van der Waals surface area contributed by atoms with Crippen LogP contribution >= 0.6 is 0 Å². The second kappa shape index (κ2) is 6.22. The van der Waals surface area contributed by atoms with Crippen molar-refractivity contribution in [1.29, 1.82) is 0 Å². The molecule has 0 bridgehead atoms. The molecule has 120 valence electrons. The van der Waals surface area contributed by atoms with Crippen LogP contribution in [-0.2, 0) is 16.6 Å². The molecule has 1 unspecified atom stereocenters. The minimum absolute atomic E-state index is 0.329. The Bertz CT molecular complexity index is 779. The lowest BCUT2D eigenvalue weighted by atomic mass is 10.1. The summed E-state index contributed by atoms with van der Waals surface area (Å²) in [6, 6.07) is 5.11. The van der Waals surface area contributed by atoms with Crippen LogP contribution in [0, 0.1) is 20.8 Å². The van der Waals surface area contributed by atoms with Crippen LogP contribution in [0.15, 0.2) is 29.3 Å². The summed E-state index contributed by atoms with van der Waals surface area (Å²) in [6.07, 6.45) is 1.89. The summed E-state index contributed by atoms with van der Waals surface area (Å²) in [7, 11) is -3.56. The van der Waals surface area contributed by atoms with E-state index in [1.54, 1.807) is 13.0 Å². The first-order valence-electron chi connectivity index (χ1n) is 7.38. The molecule has 0 aliphatic carbocycles. The zero-order chi connectivity index (χ0) is 16.5. The van der Waals surface area contributed by atoms with Gasteiger partial charge >= 0.3 is 0 Å². The molecule has 0 amide bonds. The molecule has 0 aliphatic rings. The third-order valence-corrected chi connectivity index (χ3v) is 5.42. The molecular weight excluding hydrogens is 298 g/mol. The Morgan fingerprint density at radius 2 is 1.95 bits per heavy atom. The molecule has 2 aromatic rings. The van der Waals surface area contributed by atoms with Crippen LogP contribution in [0.1, 0.15) is 42.3 Å². The first kappa shape index (κ1) is 16.7. The third kappa shape index (κ3) is 3.39. The van der Waals surface area contributed by atoms with Gasteiger partial charge in [0.15, 0.2) is 0 Å². The maximum Gasteiger partial charge on any atom is 0.241 e. The van der Waals surface area contributed by atoms with E-state index >= 15 is 0 Å². The first-order valence-corrected chi connectivity index (χ1v) is 8.86. The number of sulfonamides is 1. The molecule has 6 heteroatoms. The fourth-order valence-corrected chi connectivity index (χ4v) is 4.03. The maximum absolute atomic E-state index is 12.6. The van der Waals surface area contributed by atoms with Crippen molar-refractivity contribution in [2.45, 2.75) is 52.1 Å². The lowest BCUT2D eigenvalue weighted by Crippen LogP contribution is -2.27. The summed E-state index contributed by atoms with van der Waals surface area (Å²) >= 11 is 0. The van der Waals surface area contributed by atoms with E-state index < -0.39 is 10.0 Å². The molecule has 1 atom stereocenters.